The lowest BCUT2D eigenvalue weighted by atomic mass is 10.2. The number of aromatic amines is 2. The first-order valence-corrected chi connectivity index (χ1v) is 6.82. The largest absolute Gasteiger partial charge is 0.366 e. The van der Waals surface area contributed by atoms with Gasteiger partial charge in [-0.15, -0.1) is 0 Å². The number of aromatic nitrogens is 4. The summed E-state index contributed by atoms with van der Waals surface area (Å²) in [6, 6.07) is 8.55. The molecule has 3 rings (SSSR count). The van der Waals surface area contributed by atoms with E-state index in [1.54, 1.807) is 18.2 Å². The molecule has 0 aliphatic carbocycles. The van der Waals surface area contributed by atoms with Crippen molar-refractivity contribution in [2.75, 3.05) is 5.32 Å². The van der Waals surface area contributed by atoms with Gasteiger partial charge in [0.2, 0.25) is 5.91 Å². The maximum absolute atomic E-state index is 12.2. The summed E-state index contributed by atoms with van der Waals surface area (Å²) in [5, 5.41) is 9.59. The fourth-order valence-corrected chi connectivity index (χ4v) is 2.07. The van der Waals surface area contributed by atoms with E-state index < -0.39 is 5.91 Å². The van der Waals surface area contributed by atoms with Gasteiger partial charge in [0.1, 0.15) is 11.5 Å². The molecule has 3 aromatic rings. The second-order valence-corrected chi connectivity index (χ2v) is 4.95. The Balaban J connectivity index is 1.79. The number of hydrogen-bond acceptors (Lipinski definition) is 4. The van der Waals surface area contributed by atoms with Gasteiger partial charge in [-0.25, -0.2) is 4.98 Å². The average molecular weight is 310 g/mol. The fraction of sp³-hybridized carbons (Fsp3) is 0.0667. The molecule has 2 aromatic heterocycles. The summed E-state index contributed by atoms with van der Waals surface area (Å²) in [6.45, 7) is 1.81. The molecule has 0 aliphatic heterocycles. The second-order valence-electron chi connectivity index (χ2n) is 4.95. The number of anilines is 1. The predicted octanol–water partition coefficient (Wildman–Crippen LogP) is 1.46. The van der Waals surface area contributed by atoms with E-state index in [9.17, 15) is 9.59 Å². The Kier molecular flexibility index (Phi) is 3.63. The highest BCUT2D eigenvalue weighted by atomic mass is 16.2. The van der Waals surface area contributed by atoms with Crippen LogP contribution in [0.3, 0.4) is 0 Å². The summed E-state index contributed by atoms with van der Waals surface area (Å²) in [7, 11) is 0. The van der Waals surface area contributed by atoms with Crippen LogP contribution in [0.25, 0.3) is 11.4 Å². The van der Waals surface area contributed by atoms with E-state index in [1.165, 1.54) is 12.3 Å². The van der Waals surface area contributed by atoms with Gasteiger partial charge in [0.05, 0.1) is 5.56 Å². The number of rotatable bonds is 4. The van der Waals surface area contributed by atoms with Crippen LogP contribution in [0.2, 0.25) is 0 Å². The number of nitrogens with one attached hydrogen (secondary N) is 3. The van der Waals surface area contributed by atoms with Crippen molar-refractivity contribution < 1.29 is 9.59 Å². The number of hydrogen-bond donors (Lipinski definition) is 4. The molecular formula is C15H14N6O2. The van der Waals surface area contributed by atoms with E-state index in [4.69, 9.17) is 5.73 Å². The number of amides is 2. The van der Waals surface area contributed by atoms with Gasteiger partial charge < -0.3 is 16.0 Å². The summed E-state index contributed by atoms with van der Waals surface area (Å²) < 4.78 is 0. The van der Waals surface area contributed by atoms with Crippen molar-refractivity contribution in [2.45, 2.75) is 6.92 Å². The molecule has 0 spiro atoms. The molecule has 0 bridgehead atoms. The van der Waals surface area contributed by atoms with Crippen molar-refractivity contribution >= 4 is 17.5 Å². The third kappa shape index (κ3) is 3.10. The van der Waals surface area contributed by atoms with Gasteiger partial charge in [-0.05, 0) is 25.1 Å². The fourth-order valence-electron chi connectivity index (χ4n) is 2.07. The van der Waals surface area contributed by atoms with E-state index in [2.05, 4.69) is 25.5 Å². The van der Waals surface area contributed by atoms with Crippen molar-refractivity contribution in [1.82, 2.24) is 20.2 Å². The molecule has 23 heavy (non-hydrogen) atoms. The molecule has 0 saturated carbocycles. The van der Waals surface area contributed by atoms with Crippen LogP contribution in [0.1, 0.15) is 26.7 Å². The lowest BCUT2D eigenvalue weighted by molar-refractivity contribution is 0.0999. The predicted molar refractivity (Wildman–Crippen MR) is 83.8 cm³/mol. The van der Waals surface area contributed by atoms with Gasteiger partial charge in [-0.1, -0.05) is 12.1 Å². The summed E-state index contributed by atoms with van der Waals surface area (Å²) in [5.74, 6) is 0.289. The van der Waals surface area contributed by atoms with Crippen LogP contribution in [0.4, 0.5) is 5.69 Å². The minimum absolute atomic E-state index is 0.248. The topological polar surface area (TPSA) is 130 Å². The molecule has 0 fully saturated rings. The van der Waals surface area contributed by atoms with Crippen molar-refractivity contribution in [3.05, 3.63) is 53.6 Å². The maximum Gasteiger partial charge on any atom is 0.272 e. The number of primary amides is 1. The summed E-state index contributed by atoms with van der Waals surface area (Å²) in [6.07, 6.45) is 1.39. The number of carbonyl (C=O) groups is 2. The number of aryl methyl sites for hydroxylation is 1. The molecule has 0 unspecified atom stereocenters. The SMILES string of the molecule is Cc1nc(-c2cccc(NC(=O)c3cc(C(N)=O)c[nH]3)c2)n[nH]1. The average Bonchev–Trinajstić information content (AvgIpc) is 3.16. The van der Waals surface area contributed by atoms with E-state index in [0.29, 0.717) is 17.3 Å². The molecular weight excluding hydrogens is 296 g/mol. The monoisotopic (exact) mass is 310 g/mol. The first-order chi connectivity index (χ1) is 11.0. The van der Waals surface area contributed by atoms with Crippen LogP contribution < -0.4 is 11.1 Å². The molecule has 8 heteroatoms. The van der Waals surface area contributed by atoms with E-state index in [-0.39, 0.29) is 17.2 Å². The third-order valence-corrected chi connectivity index (χ3v) is 3.19. The standard InChI is InChI=1S/C15H14N6O2/c1-8-18-14(21-20-8)9-3-2-4-11(5-9)19-15(23)12-6-10(7-17-12)13(16)22/h2-7,17H,1H3,(H2,16,22)(H,19,23)(H,18,20,21). The van der Waals surface area contributed by atoms with Gasteiger partial charge in [-0.2, -0.15) is 5.10 Å². The van der Waals surface area contributed by atoms with Crippen LogP contribution in [0, 0.1) is 6.92 Å². The maximum atomic E-state index is 12.2. The number of nitrogens with zero attached hydrogens (tertiary/aromatic N) is 2. The summed E-state index contributed by atoms with van der Waals surface area (Å²) >= 11 is 0. The smallest absolute Gasteiger partial charge is 0.272 e. The Hall–Kier alpha value is -3.42. The molecule has 116 valence electrons. The molecule has 1 aromatic carbocycles. The van der Waals surface area contributed by atoms with Crippen molar-refractivity contribution in [3.63, 3.8) is 0 Å². The van der Waals surface area contributed by atoms with Crippen LogP contribution in [-0.4, -0.2) is 32.0 Å². The zero-order chi connectivity index (χ0) is 16.4. The van der Waals surface area contributed by atoms with Gasteiger partial charge in [0, 0.05) is 17.4 Å². The van der Waals surface area contributed by atoms with E-state index >= 15 is 0 Å². The number of nitrogens with two attached hydrogens (primary N) is 1. The Morgan fingerprint density at radius 3 is 2.74 bits per heavy atom. The Morgan fingerprint density at radius 2 is 2.09 bits per heavy atom. The molecule has 8 nitrogen and oxygen atoms in total. The van der Waals surface area contributed by atoms with Crippen LogP contribution in [-0.2, 0) is 0 Å². The Labute approximate surface area is 131 Å². The molecule has 0 aliphatic rings. The lowest BCUT2D eigenvalue weighted by Gasteiger charge is -2.05. The van der Waals surface area contributed by atoms with Gasteiger partial charge in [0.25, 0.3) is 5.91 Å². The van der Waals surface area contributed by atoms with Gasteiger partial charge in [-0.3, -0.25) is 14.7 Å². The Morgan fingerprint density at radius 1 is 1.26 bits per heavy atom. The number of H-pyrrole nitrogens is 2. The normalized spacial score (nSPS) is 10.5. The molecule has 0 saturated heterocycles. The molecule has 2 heterocycles. The highest BCUT2D eigenvalue weighted by Crippen LogP contribution is 2.19. The van der Waals surface area contributed by atoms with Crippen molar-refractivity contribution in [2.24, 2.45) is 5.73 Å². The first kappa shape index (κ1) is 14.5. The molecule has 2 amide bonds. The summed E-state index contributed by atoms with van der Waals surface area (Å²) in [4.78, 5) is 30.2. The zero-order valence-corrected chi connectivity index (χ0v) is 12.3. The van der Waals surface area contributed by atoms with E-state index in [0.717, 1.165) is 5.56 Å². The van der Waals surface area contributed by atoms with Crippen LogP contribution in [0.15, 0.2) is 36.5 Å². The number of carbonyl (C=O) groups excluding carboxylic acids is 2. The minimum Gasteiger partial charge on any atom is -0.366 e. The first-order valence-electron chi connectivity index (χ1n) is 6.82. The third-order valence-electron chi connectivity index (χ3n) is 3.19. The molecule has 0 radical (unpaired) electrons. The van der Waals surface area contributed by atoms with Crippen LogP contribution in [0.5, 0.6) is 0 Å². The highest BCUT2D eigenvalue weighted by molar-refractivity contribution is 6.05. The zero-order valence-electron chi connectivity index (χ0n) is 12.3. The van der Waals surface area contributed by atoms with Crippen molar-refractivity contribution in [3.8, 4) is 11.4 Å². The minimum atomic E-state index is -0.595. The Bertz CT molecular complexity index is 879. The van der Waals surface area contributed by atoms with Crippen molar-refractivity contribution in [1.29, 1.82) is 0 Å². The molecule has 5 N–H and O–H groups in total. The highest BCUT2D eigenvalue weighted by Gasteiger charge is 2.12. The molecule has 0 atom stereocenters. The summed E-state index contributed by atoms with van der Waals surface area (Å²) in [5.41, 5.74) is 7.02. The second kappa shape index (κ2) is 5.76. The van der Waals surface area contributed by atoms with Gasteiger partial charge in [0.15, 0.2) is 5.82 Å². The number of benzene rings is 1. The quantitative estimate of drug-likeness (QED) is 0.581. The van der Waals surface area contributed by atoms with Crippen LogP contribution >= 0.6 is 0 Å². The van der Waals surface area contributed by atoms with E-state index in [1.807, 2.05) is 13.0 Å². The lowest BCUT2D eigenvalue weighted by Crippen LogP contribution is -2.13. The van der Waals surface area contributed by atoms with Gasteiger partial charge >= 0.3 is 0 Å².